The van der Waals surface area contributed by atoms with Gasteiger partial charge < -0.3 is 16.2 Å². The van der Waals surface area contributed by atoms with Crippen LogP contribution in [0.5, 0.6) is 5.75 Å². The summed E-state index contributed by atoms with van der Waals surface area (Å²) in [7, 11) is 0. The summed E-state index contributed by atoms with van der Waals surface area (Å²) in [6.45, 7) is -0.209. The average Bonchev–Trinajstić information content (AvgIpc) is 2.15. The molecular formula is C9H11FN2O2. The van der Waals surface area contributed by atoms with E-state index in [9.17, 15) is 9.18 Å². The van der Waals surface area contributed by atoms with Gasteiger partial charge >= 0.3 is 0 Å². The van der Waals surface area contributed by atoms with Gasteiger partial charge in [0.15, 0.2) is 18.2 Å². The second kappa shape index (κ2) is 4.57. The summed E-state index contributed by atoms with van der Waals surface area (Å²) < 4.78 is 18.0. The number of nitrogens with two attached hydrogens (primary N) is 2. The van der Waals surface area contributed by atoms with Crippen LogP contribution < -0.4 is 16.2 Å². The van der Waals surface area contributed by atoms with Crippen molar-refractivity contribution in [2.24, 2.45) is 11.5 Å². The van der Waals surface area contributed by atoms with Crippen LogP contribution in [0.4, 0.5) is 4.39 Å². The number of amides is 1. The number of hydrogen-bond acceptors (Lipinski definition) is 3. The second-order valence-corrected chi connectivity index (χ2v) is 2.69. The van der Waals surface area contributed by atoms with Crippen LogP contribution in [-0.4, -0.2) is 12.5 Å². The van der Waals surface area contributed by atoms with Gasteiger partial charge in [-0.2, -0.15) is 0 Å². The normalized spacial score (nSPS) is 9.86. The molecule has 76 valence electrons. The maximum Gasteiger partial charge on any atom is 0.255 e. The molecule has 0 aliphatic rings. The highest BCUT2D eigenvalue weighted by molar-refractivity contribution is 5.75. The van der Waals surface area contributed by atoms with Crippen molar-refractivity contribution in [3.8, 4) is 5.75 Å². The molecule has 0 heterocycles. The van der Waals surface area contributed by atoms with E-state index in [0.29, 0.717) is 5.56 Å². The van der Waals surface area contributed by atoms with E-state index in [1.807, 2.05) is 0 Å². The van der Waals surface area contributed by atoms with Crippen molar-refractivity contribution in [2.45, 2.75) is 6.54 Å². The molecule has 14 heavy (non-hydrogen) atoms. The highest BCUT2D eigenvalue weighted by Crippen LogP contribution is 2.21. The van der Waals surface area contributed by atoms with Gasteiger partial charge in [0.05, 0.1) is 0 Å². The van der Waals surface area contributed by atoms with Gasteiger partial charge in [-0.15, -0.1) is 0 Å². The third kappa shape index (κ3) is 2.43. The smallest absolute Gasteiger partial charge is 0.255 e. The maximum absolute atomic E-state index is 13.2. The molecule has 0 bridgehead atoms. The molecule has 4 N–H and O–H groups in total. The van der Waals surface area contributed by atoms with Gasteiger partial charge in [0.25, 0.3) is 5.91 Å². The Balaban J connectivity index is 2.87. The fourth-order valence-electron chi connectivity index (χ4n) is 1.02. The summed E-state index contributed by atoms with van der Waals surface area (Å²) in [5.74, 6) is -1.21. The van der Waals surface area contributed by atoms with Crippen molar-refractivity contribution >= 4 is 5.91 Å². The lowest BCUT2D eigenvalue weighted by Crippen LogP contribution is -2.21. The summed E-state index contributed by atoms with van der Waals surface area (Å²) in [5, 5.41) is 0. The molecule has 1 amide bonds. The molecule has 4 nitrogen and oxygen atoms in total. The summed E-state index contributed by atoms with van der Waals surface area (Å²) in [6.07, 6.45) is 0. The predicted octanol–water partition coefficient (Wildman–Crippen LogP) is 0.148. The summed E-state index contributed by atoms with van der Waals surface area (Å²) in [5.41, 5.74) is 10.7. The molecule has 0 aliphatic carbocycles. The minimum Gasteiger partial charge on any atom is -0.480 e. The van der Waals surface area contributed by atoms with Gasteiger partial charge in [-0.1, -0.05) is 12.1 Å². The molecule has 0 radical (unpaired) electrons. The third-order valence-electron chi connectivity index (χ3n) is 1.63. The van der Waals surface area contributed by atoms with Crippen LogP contribution >= 0.6 is 0 Å². The Morgan fingerprint density at radius 2 is 2.21 bits per heavy atom. The van der Waals surface area contributed by atoms with Crippen LogP contribution in [0.1, 0.15) is 5.56 Å². The Kier molecular flexibility index (Phi) is 3.41. The Morgan fingerprint density at radius 3 is 2.79 bits per heavy atom. The number of carbonyl (C=O) groups is 1. The lowest BCUT2D eigenvalue weighted by molar-refractivity contribution is -0.120. The molecule has 0 aliphatic heterocycles. The molecule has 0 saturated heterocycles. The molecule has 0 saturated carbocycles. The zero-order chi connectivity index (χ0) is 10.6. The van der Waals surface area contributed by atoms with Gasteiger partial charge in [-0.05, 0) is 6.07 Å². The van der Waals surface area contributed by atoms with Crippen LogP contribution in [0.2, 0.25) is 0 Å². The number of primary amides is 1. The molecule has 0 aromatic heterocycles. The summed E-state index contributed by atoms with van der Waals surface area (Å²) in [6, 6.07) is 4.38. The first-order valence-electron chi connectivity index (χ1n) is 4.03. The van der Waals surface area contributed by atoms with E-state index in [4.69, 9.17) is 16.2 Å². The predicted molar refractivity (Wildman–Crippen MR) is 49.0 cm³/mol. The number of carbonyl (C=O) groups excluding carboxylic acids is 1. The lowest BCUT2D eigenvalue weighted by Gasteiger charge is -2.09. The molecule has 1 rings (SSSR count). The molecule has 0 fully saturated rings. The second-order valence-electron chi connectivity index (χ2n) is 2.69. The molecule has 1 aromatic carbocycles. The third-order valence-corrected chi connectivity index (χ3v) is 1.63. The summed E-state index contributed by atoms with van der Waals surface area (Å²) >= 11 is 0. The fourth-order valence-corrected chi connectivity index (χ4v) is 1.02. The summed E-state index contributed by atoms with van der Waals surface area (Å²) in [4.78, 5) is 10.4. The lowest BCUT2D eigenvalue weighted by atomic mass is 10.2. The molecule has 0 spiro atoms. The highest BCUT2D eigenvalue weighted by Gasteiger charge is 2.09. The van der Waals surface area contributed by atoms with E-state index in [-0.39, 0.29) is 18.9 Å². The zero-order valence-corrected chi connectivity index (χ0v) is 7.50. The van der Waals surface area contributed by atoms with E-state index >= 15 is 0 Å². The number of halogens is 1. The van der Waals surface area contributed by atoms with Gasteiger partial charge in [-0.3, -0.25) is 4.79 Å². The Hall–Kier alpha value is -1.62. The first kappa shape index (κ1) is 10.5. The van der Waals surface area contributed by atoms with Gasteiger partial charge in [0.1, 0.15) is 0 Å². The van der Waals surface area contributed by atoms with E-state index in [1.54, 1.807) is 6.07 Å². The maximum atomic E-state index is 13.2. The first-order valence-corrected chi connectivity index (χ1v) is 4.03. The molecule has 0 atom stereocenters. The van der Waals surface area contributed by atoms with Crippen LogP contribution in [0.3, 0.4) is 0 Å². The van der Waals surface area contributed by atoms with Crippen LogP contribution in [0, 0.1) is 5.82 Å². The van der Waals surface area contributed by atoms with Crippen molar-refractivity contribution < 1.29 is 13.9 Å². The van der Waals surface area contributed by atoms with Crippen molar-refractivity contribution in [3.63, 3.8) is 0 Å². The van der Waals surface area contributed by atoms with E-state index in [0.717, 1.165) is 0 Å². The molecule has 5 heteroatoms. The van der Waals surface area contributed by atoms with E-state index in [2.05, 4.69) is 0 Å². The average molecular weight is 198 g/mol. The SMILES string of the molecule is NCc1cccc(F)c1OCC(N)=O. The van der Waals surface area contributed by atoms with Crippen LogP contribution in [0.25, 0.3) is 0 Å². The molecule has 1 aromatic rings. The van der Waals surface area contributed by atoms with Gasteiger partial charge in [0, 0.05) is 12.1 Å². The highest BCUT2D eigenvalue weighted by atomic mass is 19.1. The zero-order valence-electron chi connectivity index (χ0n) is 7.50. The minimum absolute atomic E-state index is 0.00574. The molecular weight excluding hydrogens is 187 g/mol. The minimum atomic E-state index is -0.656. The fraction of sp³-hybridized carbons (Fsp3) is 0.222. The van der Waals surface area contributed by atoms with Crippen LogP contribution in [0.15, 0.2) is 18.2 Å². The van der Waals surface area contributed by atoms with Crippen molar-refractivity contribution in [3.05, 3.63) is 29.6 Å². The van der Waals surface area contributed by atoms with Crippen molar-refractivity contribution in [1.82, 2.24) is 0 Å². The topological polar surface area (TPSA) is 78.3 Å². The number of benzene rings is 1. The Morgan fingerprint density at radius 1 is 1.50 bits per heavy atom. The molecule has 0 unspecified atom stereocenters. The van der Waals surface area contributed by atoms with E-state index < -0.39 is 11.7 Å². The number of ether oxygens (including phenoxy) is 1. The number of para-hydroxylation sites is 1. The van der Waals surface area contributed by atoms with Gasteiger partial charge in [-0.25, -0.2) is 4.39 Å². The Bertz CT molecular complexity index is 342. The monoisotopic (exact) mass is 198 g/mol. The number of hydrogen-bond donors (Lipinski definition) is 2. The van der Waals surface area contributed by atoms with Crippen molar-refractivity contribution in [1.29, 1.82) is 0 Å². The number of rotatable bonds is 4. The standard InChI is InChI=1S/C9H11FN2O2/c10-7-3-1-2-6(4-11)9(7)14-5-8(12)13/h1-3H,4-5,11H2,(H2,12,13). The first-order chi connectivity index (χ1) is 6.65. The Labute approximate surface area is 80.6 Å². The van der Waals surface area contributed by atoms with Crippen LogP contribution in [-0.2, 0) is 11.3 Å². The largest absolute Gasteiger partial charge is 0.480 e. The van der Waals surface area contributed by atoms with Crippen molar-refractivity contribution in [2.75, 3.05) is 6.61 Å². The van der Waals surface area contributed by atoms with Gasteiger partial charge in [0.2, 0.25) is 0 Å². The van der Waals surface area contributed by atoms with E-state index in [1.165, 1.54) is 12.1 Å². The quantitative estimate of drug-likeness (QED) is 0.722.